The number of hydrogen-bond donors (Lipinski definition) is 1. The maximum Gasteiger partial charge on any atom is 0.233 e. The number of halogens is 2. The second kappa shape index (κ2) is 7.63. The first-order chi connectivity index (χ1) is 14.9. The molecule has 5 rings (SSSR count). The Balaban J connectivity index is 1.49. The van der Waals surface area contributed by atoms with Gasteiger partial charge in [0.2, 0.25) is 11.8 Å². The zero-order valence-corrected chi connectivity index (χ0v) is 18.1. The first-order valence-electron chi connectivity index (χ1n) is 11.0. The third-order valence-electron chi connectivity index (χ3n) is 7.51. The molecule has 6 heteroatoms. The first kappa shape index (κ1) is 20.5. The predicted molar refractivity (Wildman–Crippen MR) is 117 cm³/mol. The van der Waals surface area contributed by atoms with Crippen LogP contribution in [0.15, 0.2) is 48.5 Å². The average Bonchev–Trinajstić information content (AvgIpc) is 3.06. The normalized spacial score (nSPS) is 27.1. The maximum atomic E-state index is 14.0. The molecule has 162 valence electrons. The highest BCUT2D eigenvalue weighted by Crippen LogP contribution is 2.48. The summed E-state index contributed by atoms with van der Waals surface area (Å²) in [5.41, 5.74) is 0.779. The van der Waals surface area contributed by atoms with Crippen molar-refractivity contribution in [2.24, 2.45) is 0 Å². The summed E-state index contributed by atoms with van der Waals surface area (Å²) in [5, 5.41) is 3.86. The van der Waals surface area contributed by atoms with Crippen LogP contribution in [0.1, 0.15) is 55.6 Å². The van der Waals surface area contributed by atoms with Crippen LogP contribution in [0.2, 0.25) is 5.02 Å². The molecule has 3 fully saturated rings. The zero-order valence-electron chi connectivity index (χ0n) is 17.4. The molecule has 31 heavy (non-hydrogen) atoms. The van der Waals surface area contributed by atoms with Crippen molar-refractivity contribution >= 4 is 23.4 Å². The van der Waals surface area contributed by atoms with Crippen LogP contribution in [0, 0.1) is 5.82 Å². The van der Waals surface area contributed by atoms with Gasteiger partial charge < -0.3 is 10.2 Å². The minimum absolute atomic E-state index is 0.0120. The molecule has 3 aliphatic rings. The molecule has 0 unspecified atom stereocenters. The Kier molecular flexibility index (Phi) is 5.04. The molecule has 2 aromatic rings. The van der Waals surface area contributed by atoms with Gasteiger partial charge in [0.1, 0.15) is 5.82 Å². The molecule has 0 aromatic heterocycles. The van der Waals surface area contributed by atoms with Gasteiger partial charge in [-0.1, -0.05) is 42.3 Å². The molecule has 2 heterocycles. The summed E-state index contributed by atoms with van der Waals surface area (Å²) in [6.45, 7) is 0.950. The lowest BCUT2D eigenvalue weighted by atomic mass is 9.63. The lowest BCUT2D eigenvalue weighted by molar-refractivity contribution is -0.140. The van der Waals surface area contributed by atoms with E-state index in [9.17, 15) is 14.0 Å². The van der Waals surface area contributed by atoms with Gasteiger partial charge in [-0.25, -0.2) is 4.39 Å². The number of carbonyl (C=O) groups excluding carboxylic acids is 2. The van der Waals surface area contributed by atoms with Crippen molar-refractivity contribution in [1.82, 2.24) is 10.2 Å². The summed E-state index contributed by atoms with van der Waals surface area (Å²) < 4.78 is 14.0. The maximum absolute atomic E-state index is 14.0. The van der Waals surface area contributed by atoms with E-state index in [4.69, 9.17) is 11.6 Å². The Morgan fingerprint density at radius 2 is 1.87 bits per heavy atom. The van der Waals surface area contributed by atoms with Gasteiger partial charge in [-0.15, -0.1) is 0 Å². The summed E-state index contributed by atoms with van der Waals surface area (Å²) in [6, 6.07) is 14.2. The molecular weight excluding hydrogens is 415 g/mol. The van der Waals surface area contributed by atoms with Crippen LogP contribution >= 0.6 is 11.6 Å². The van der Waals surface area contributed by atoms with E-state index in [1.165, 1.54) is 6.07 Å². The van der Waals surface area contributed by atoms with Crippen molar-refractivity contribution in [3.63, 3.8) is 0 Å². The van der Waals surface area contributed by atoms with Crippen LogP contribution in [-0.4, -0.2) is 35.3 Å². The highest BCUT2D eigenvalue weighted by molar-refractivity contribution is 6.30. The number of nitrogens with one attached hydrogen (secondary N) is 1. The Morgan fingerprint density at radius 1 is 1.10 bits per heavy atom. The van der Waals surface area contributed by atoms with Gasteiger partial charge in [0, 0.05) is 30.5 Å². The monoisotopic (exact) mass is 440 g/mol. The van der Waals surface area contributed by atoms with E-state index < -0.39 is 11.0 Å². The van der Waals surface area contributed by atoms with Gasteiger partial charge >= 0.3 is 0 Å². The number of nitrogens with zero attached hydrogens (tertiary/aromatic N) is 1. The quantitative estimate of drug-likeness (QED) is 0.760. The number of benzene rings is 2. The number of piperidine rings is 1. The third-order valence-corrected chi connectivity index (χ3v) is 7.76. The largest absolute Gasteiger partial charge is 0.348 e. The molecule has 1 aliphatic carbocycles. The number of hydrogen-bond acceptors (Lipinski definition) is 2. The molecule has 2 aliphatic heterocycles. The summed E-state index contributed by atoms with van der Waals surface area (Å²) in [4.78, 5) is 28.2. The lowest BCUT2D eigenvalue weighted by Gasteiger charge is -2.44. The van der Waals surface area contributed by atoms with Crippen molar-refractivity contribution in [3.05, 3.63) is 70.5 Å². The fourth-order valence-electron chi connectivity index (χ4n) is 5.79. The van der Waals surface area contributed by atoms with Crippen molar-refractivity contribution in [2.45, 2.75) is 55.4 Å². The van der Waals surface area contributed by atoms with Crippen LogP contribution in [0.25, 0.3) is 0 Å². The molecule has 0 bridgehead atoms. The van der Waals surface area contributed by atoms with Crippen LogP contribution < -0.4 is 5.32 Å². The molecule has 2 aromatic carbocycles. The van der Waals surface area contributed by atoms with Gasteiger partial charge in [0.25, 0.3) is 0 Å². The minimum Gasteiger partial charge on any atom is -0.348 e. The van der Waals surface area contributed by atoms with Crippen LogP contribution in [0.4, 0.5) is 4.39 Å². The van der Waals surface area contributed by atoms with Crippen molar-refractivity contribution in [1.29, 1.82) is 0 Å². The molecule has 1 spiro atoms. The summed E-state index contributed by atoms with van der Waals surface area (Å²) >= 11 is 6.07. The number of likely N-dealkylation sites (tertiary alicyclic amines) is 1. The van der Waals surface area contributed by atoms with Gasteiger partial charge in [-0.2, -0.15) is 0 Å². The molecule has 4 nitrogen and oxygen atoms in total. The highest BCUT2D eigenvalue weighted by Gasteiger charge is 2.55. The number of carbonyl (C=O) groups is 2. The fourth-order valence-corrected chi connectivity index (χ4v) is 5.91. The Hall–Kier alpha value is -2.40. The molecule has 1 N–H and O–H groups in total. The smallest absolute Gasteiger partial charge is 0.233 e. The van der Waals surface area contributed by atoms with E-state index in [1.54, 1.807) is 12.1 Å². The average molecular weight is 441 g/mol. The van der Waals surface area contributed by atoms with E-state index in [1.807, 2.05) is 35.2 Å². The van der Waals surface area contributed by atoms with Crippen molar-refractivity contribution < 1.29 is 14.0 Å². The minimum atomic E-state index is -0.538. The molecule has 0 radical (unpaired) electrons. The van der Waals surface area contributed by atoms with Crippen LogP contribution in [0.3, 0.4) is 0 Å². The Bertz CT molecular complexity index is 1020. The summed E-state index contributed by atoms with van der Waals surface area (Å²) in [6.07, 6.45) is 4.71. The fraction of sp³-hybridized carbons (Fsp3) is 0.440. The number of rotatable bonds is 3. The molecule has 2 saturated heterocycles. The van der Waals surface area contributed by atoms with Gasteiger partial charge in [0.15, 0.2) is 0 Å². The second-order valence-electron chi connectivity index (χ2n) is 9.29. The molecule has 2 atom stereocenters. The molecule has 2 amide bonds. The standard InChI is InChI=1S/C25H26ClFN2O2/c26-19-9-7-18(8-10-19)24(11-3-12-24)23(31)29-15-21(17-4-1-5-20(27)14-17)25(16-29)13-2-6-22(30)28-25/h1,4-5,7-10,14,21H,2-3,6,11-13,15-16H2,(H,28,30)/t21-,25+/m0/s1. The molecule has 1 saturated carbocycles. The van der Waals surface area contributed by atoms with E-state index in [-0.39, 0.29) is 23.5 Å². The molecular formula is C25H26ClFN2O2. The first-order valence-corrected chi connectivity index (χ1v) is 11.4. The van der Waals surface area contributed by atoms with Crippen LogP contribution in [-0.2, 0) is 15.0 Å². The topological polar surface area (TPSA) is 49.4 Å². The van der Waals surface area contributed by atoms with Crippen molar-refractivity contribution in [2.75, 3.05) is 13.1 Å². The Labute approximate surface area is 186 Å². The summed E-state index contributed by atoms with van der Waals surface area (Å²) in [7, 11) is 0. The second-order valence-corrected chi connectivity index (χ2v) is 9.73. The van der Waals surface area contributed by atoms with E-state index in [2.05, 4.69) is 5.32 Å². The predicted octanol–water partition coefficient (Wildman–Crippen LogP) is 4.57. The van der Waals surface area contributed by atoms with Crippen LogP contribution in [0.5, 0.6) is 0 Å². The highest BCUT2D eigenvalue weighted by atomic mass is 35.5. The summed E-state index contributed by atoms with van der Waals surface area (Å²) in [5.74, 6) is -0.299. The SMILES string of the molecule is O=C1CCC[C@]2(CN(C(=O)C3(c4ccc(Cl)cc4)CCC3)C[C@H]2c2cccc(F)c2)N1. The lowest BCUT2D eigenvalue weighted by Crippen LogP contribution is -2.57. The zero-order chi connectivity index (χ0) is 21.6. The van der Waals surface area contributed by atoms with E-state index in [0.29, 0.717) is 24.5 Å². The van der Waals surface area contributed by atoms with Gasteiger partial charge in [-0.05, 0) is 61.1 Å². The Morgan fingerprint density at radius 3 is 2.52 bits per heavy atom. The number of amides is 2. The van der Waals surface area contributed by atoms with Gasteiger partial charge in [0.05, 0.1) is 11.0 Å². The van der Waals surface area contributed by atoms with Crippen molar-refractivity contribution in [3.8, 4) is 0 Å². The van der Waals surface area contributed by atoms with Gasteiger partial charge in [-0.3, -0.25) is 9.59 Å². The van der Waals surface area contributed by atoms with E-state index >= 15 is 0 Å². The van der Waals surface area contributed by atoms with E-state index in [0.717, 1.165) is 43.2 Å². The third kappa shape index (κ3) is 3.43.